The molecule has 0 aliphatic carbocycles. The SMILES string of the molecule is COC(=O)C1=C(C)N(C)C(=S)N[C@H]1c1cccc(NC(=O)C(C)C)c1. The van der Waals surface area contributed by atoms with E-state index in [-0.39, 0.29) is 11.8 Å². The van der Waals surface area contributed by atoms with E-state index in [1.54, 1.807) is 11.9 Å². The van der Waals surface area contributed by atoms with E-state index in [9.17, 15) is 9.59 Å². The van der Waals surface area contributed by atoms with Crippen LogP contribution in [0.3, 0.4) is 0 Å². The van der Waals surface area contributed by atoms with Crippen LogP contribution in [-0.2, 0) is 14.3 Å². The van der Waals surface area contributed by atoms with Gasteiger partial charge in [0.1, 0.15) is 0 Å². The summed E-state index contributed by atoms with van der Waals surface area (Å²) in [5, 5.41) is 6.56. The van der Waals surface area contributed by atoms with E-state index in [0.717, 1.165) is 11.3 Å². The summed E-state index contributed by atoms with van der Waals surface area (Å²) >= 11 is 5.35. The highest BCUT2D eigenvalue weighted by molar-refractivity contribution is 7.80. The molecule has 1 amide bonds. The quantitative estimate of drug-likeness (QED) is 0.635. The van der Waals surface area contributed by atoms with E-state index in [0.29, 0.717) is 16.4 Å². The third-order valence-corrected chi connectivity index (χ3v) is 4.56. The van der Waals surface area contributed by atoms with Gasteiger partial charge in [0.25, 0.3) is 0 Å². The summed E-state index contributed by atoms with van der Waals surface area (Å²) in [7, 11) is 3.15. The number of benzene rings is 1. The number of esters is 1. The van der Waals surface area contributed by atoms with Crippen LogP contribution in [0.1, 0.15) is 32.4 Å². The summed E-state index contributed by atoms with van der Waals surface area (Å²) in [4.78, 5) is 26.0. The van der Waals surface area contributed by atoms with Crippen molar-refractivity contribution in [1.82, 2.24) is 10.2 Å². The van der Waals surface area contributed by atoms with Crippen LogP contribution in [0.25, 0.3) is 0 Å². The number of carbonyl (C=O) groups is 2. The van der Waals surface area contributed by atoms with E-state index in [1.807, 2.05) is 45.0 Å². The highest BCUT2D eigenvalue weighted by Gasteiger charge is 2.33. The van der Waals surface area contributed by atoms with Gasteiger partial charge in [0.05, 0.1) is 18.7 Å². The van der Waals surface area contributed by atoms with E-state index in [1.165, 1.54) is 7.11 Å². The standard InChI is InChI=1S/C18H23N3O3S/c1-10(2)16(22)19-13-8-6-7-12(9-13)15-14(17(23)24-5)11(3)21(4)18(25)20-15/h6-10,15H,1-5H3,(H,19,22)(H,20,25)/t15-/m0/s1. The van der Waals surface area contributed by atoms with Crippen LogP contribution in [0.15, 0.2) is 35.5 Å². The maximum atomic E-state index is 12.3. The molecule has 1 atom stereocenters. The third-order valence-electron chi connectivity index (χ3n) is 4.17. The first kappa shape index (κ1) is 18.9. The van der Waals surface area contributed by atoms with Gasteiger partial charge in [0, 0.05) is 24.4 Å². The number of allylic oxidation sites excluding steroid dienone is 1. The van der Waals surface area contributed by atoms with Crippen LogP contribution in [0, 0.1) is 5.92 Å². The molecule has 0 radical (unpaired) electrons. The van der Waals surface area contributed by atoms with Gasteiger partial charge >= 0.3 is 5.97 Å². The lowest BCUT2D eigenvalue weighted by Gasteiger charge is -2.35. The molecule has 1 aromatic rings. The average molecular weight is 361 g/mol. The molecule has 2 rings (SSSR count). The topological polar surface area (TPSA) is 70.7 Å². The Balaban J connectivity index is 2.43. The number of nitrogens with zero attached hydrogens (tertiary/aromatic N) is 1. The normalized spacial score (nSPS) is 17.4. The molecule has 0 saturated heterocycles. The number of hydrogen-bond acceptors (Lipinski definition) is 4. The first-order chi connectivity index (χ1) is 11.8. The first-order valence-corrected chi connectivity index (χ1v) is 8.41. The molecule has 2 N–H and O–H groups in total. The van der Waals surface area contributed by atoms with Gasteiger partial charge in [-0.15, -0.1) is 0 Å². The van der Waals surface area contributed by atoms with Gasteiger partial charge < -0.3 is 20.3 Å². The molecule has 7 heteroatoms. The van der Waals surface area contributed by atoms with Gasteiger partial charge in [0.15, 0.2) is 5.11 Å². The molecular weight excluding hydrogens is 338 g/mol. The molecule has 6 nitrogen and oxygen atoms in total. The molecule has 0 spiro atoms. The van der Waals surface area contributed by atoms with Crippen molar-refractivity contribution in [2.24, 2.45) is 5.92 Å². The zero-order chi connectivity index (χ0) is 18.7. The molecular formula is C18H23N3O3S. The highest BCUT2D eigenvalue weighted by atomic mass is 32.1. The van der Waals surface area contributed by atoms with Crippen LogP contribution < -0.4 is 10.6 Å². The summed E-state index contributed by atoms with van der Waals surface area (Å²) in [5.41, 5.74) is 2.71. The summed E-state index contributed by atoms with van der Waals surface area (Å²) in [6.07, 6.45) is 0. The zero-order valence-corrected chi connectivity index (χ0v) is 15.9. The van der Waals surface area contributed by atoms with Crippen LogP contribution in [-0.4, -0.2) is 36.0 Å². The first-order valence-electron chi connectivity index (χ1n) is 8.00. The molecule has 1 aliphatic rings. The molecule has 134 valence electrons. The Morgan fingerprint density at radius 2 is 2.04 bits per heavy atom. The Hall–Kier alpha value is -2.41. The van der Waals surface area contributed by atoms with Crippen molar-refractivity contribution in [3.05, 3.63) is 41.1 Å². The van der Waals surface area contributed by atoms with Crippen molar-refractivity contribution >= 4 is 34.9 Å². The van der Waals surface area contributed by atoms with E-state index >= 15 is 0 Å². The van der Waals surface area contributed by atoms with E-state index in [2.05, 4.69) is 10.6 Å². The van der Waals surface area contributed by atoms with Gasteiger partial charge in [-0.2, -0.15) is 0 Å². The number of methoxy groups -OCH3 is 1. The Labute approximate surface area is 153 Å². The van der Waals surface area contributed by atoms with Crippen molar-refractivity contribution < 1.29 is 14.3 Å². The number of ether oxygens (including phenoxy) is 1. The van der Waals surface area contributed by atoms with Crippen molar-refractivity contribution in [3.8, 4) is 0 Å². The Morgan fingerprint density at radius 3 is 2.64 bits per heavy atom. The van der Waals surface area contributed by atoms with Gasteiger partial charge in [-0.1, -0.05) is 26.0 Å². The highest BCUT2D eigenvalue weighted by Crippen LogP contribution is 2.31. The van der Waals surface area contributed by atoms with Crippen molar-refractivity contribution in [3.63, 3.8) is 0 Å². The number of rotatable bonds is 4. The largest absolute Gasteiger partial charge is 0.466 e. The molecule has 1 aliphatic heterocycles. The summed E-state index contributed by atoms with van der Waals surface area (Å²) in [6.45, 7) is 5.49. The van der Waals surface area contributed by atoms with Crippen LogP contribution >= 0.6 is 12.2 Å². The molecule has 1 heterocycles. The molecule has 25 heavy (non-hydrogen) atoms. The monoisotopic (exact) mass is 361 g/mol. The Kier molecular flexibility index (Phi) is 5.79. The Morgan fingerprint density at radius 1 is 1.36 bits per heavy atom. The average Bonchev–Trinajstić information content (AvgIpc) is 2.58. The van der Waals surface area contributed by atoms with Crippen LogP contribution in [0.4, 0.5) is 5.69 Å². The third kappa shape index (κ3) is 3.99. The maximum Gasteiger partial charge on any atom is 0.337 e. The number of hydrogen-bond donors (Lipinski definition) is 2. The predicted molar refractivity (Wildman–Crippen MR) is 101 cm³/mol. The maximum absolute atomic E-state index is 12.3. The number of amides is 1. The van der Waals surface area contributed by atoms with Crippen LogP contribution in [0.2, 0.25) is 0 Å². The lowest BCUT2D eigenvalue weighted by Crippen LogP contribution is -2.46. The molecule has 0 saturated carbocycles. The molecule has 0 aromatic heterocycles. The Bertz CT molecular complexity index is 743. The van der Waals surface area contributed by atoms with Gasteiger partial charge in [-0.05, 0) is 36.8 Å². The van der Waals surface area contributed by atoms with Gasteiger partial charge in [-0.25, -0.2) is 4.79 Å². The number of anilines is 1. The minimum atomic E-state index is -0.438. The number of thiocarbonyl (C=S) groups is 1. The second-order valence-electron chi connectivity index (χ2n) is 6.20. The summed E-state index contributed by atoms with van der Waals surface area (Å²) in [6, 6.07) is 6.92. The molecule has 0 bridgehead atoms. The summed E-state index contributed by atoms with van der Waals surface area (Å²) < 4.78 is 4.95. The molecule has 0 unspecified atom stereocenters. The van der Waals surface area contributed by atoms with Crippen molar-refractivity contribution in [2.45, 2.75) is 26.8 Å². The zero-order valence-electron chi connectivity index (χ0n) is 15.0. The fourth-order valence-corrected chi connectivity index (χ4v) is 2.80. The lowest BCUT2D eigenvalue weighted by atomic mass is 9.95. The smallest absolute Gasteiger partial charge is 0.337 e. The fraction of sp³-hybridized carbons (Fsp3) is 0.389. The molecule has 1 aromatic carbocycles. The number of nitrogens with one attached hydrogen (secondary N) is 2. The van der Waals surface area contributed by atoms with Gasteiger partial charge in [0.2, 0.25) is 5.91 Å². The minimum Gasteiger partial charge on any atom is -0.466 e. The van der Waals surface area contributed by atoms with Crippen molar-refractivity contribution in [2.75, 3.05) is 19.5 Å². The number of carbonyl (C=O) groups excluding carboxylic acids is 2. The molecule has 0 fully saturated rings. The van der Waals surface area contributed by atoms with E-state index in [4.69, 9.17) is 17.0 Å². The van der Waals surface area contributed by atoms with Crippen LogP contribution in [0.5, 0.6) is 0 Å². The van der Waals surface area contributed by atoms with Gasteiger partial charge in [-0.3, -0.25) is 4.79 Å². The fourth-order valence-electron chi connectivity index (χ4n) is 2.54. The minimum absolute atomic E-state index is 0.0658. The van der Waals surface area contributed by atoms with Crippen molar-refractivity contribution in [1.29, 1.82) is 0 Å². The predicted octanol–water partition coefficient (Wildman–Crippen LogP) is 2.59. The second-order valence-corrected chi connectivity index (χ2v) is 6.59. The van der Waals surface area contributed by atoms with E-state index < -0.39 is 12.0 Å². The lowest BCUT2D eigenvalue weighted by molar-refractivity contribution is -0.136. The second kappa shape index (κ2) is 7.65. The summed E-state index contributed by atoms with van der Waals surface area (Å²) in [5.74, 6) is -0.602.